The molecule has 4 N–H and O–H groups in total. The van der Waals surface area contributed by atoms with Gasteiger partial charge in [-0.25, -0.2) is 0 Å². The third-order valence-corrected chi connectivity index (χ3v) is 6.40. The van der Waals surface area contributed by atoms with Crippen LogP contribution in [0.3, 0.4) is 0 Å². The molecule has 1 heterocycles. The Hall–Kier alpha value is -1.36. The molecule has 1 aromatic heterocycles. The highest BCUT2D eigenvalue weighted by molar-refractivity contribution is 7.15. The molecule has 4 rings (SSSR count). The van der Waals surface area contributed by atoms with E-state index in [0.717, 1.165) is 18.4 Å². The lowest BCUT2D eigenvalue weighted by Gasteiger charge is -2.27. The highest BCUT2D eigenvalue weighted by Crippen LogP contribution is 2.46. The largest absolute Gasteiger partial charge is 0.508 e. The van der Waals surface area contributed by atoms with Gasteiger partial charge >= 0.3 is 0 Å². The van der Waals surface area contributed by atoms with Crippen molar-refractivity contribution in [2.24, 2.45) is 5.73 Å². The van der Waals surface area contributed by atoms with Gasteiger partial charge in [0.15, 0.2) is 0 Å². The number of benzene rings is 1. The lowest BCUT2D eigenvalue weighted by Crippen LogP contribution is -2.38. The van der Waals surface area contributed by atoms with Crippen molar-refractivity contribution in [1.82, 2.24) is 5.32 Å². The minimum absolute atomic E-state index is 0.332. The molecule has 0 amide bonds. The molecule has 0 spiro atoms. The van der Waals surface area contributed by atoms with Crippen LogP contribution in [0.25, 0.3) is 10.4 Å². The molecule has 122 valence electrons. The maximum atomic E-state index is 9.63. The monoisotopic (exact) mass is 328 g/mol. The van der Waals surface area contributed by atoms with Crippen LogP contribution in [0.4, 0.5) is 0 Å². The van der Waals surface area contributed by atoms with E-state index in [1.54, 1.807) is 6.07 Å². The summed E-state index contributed by atoms with van der Waals surface area (Å²) in [6.07, 6.45) is 6.03. The molecular weight excluding hydrogens is 304 g/mol. The van der Waals surface area contributed by atoms with Gasteiger partial charge < -0.3 is 16.2 Å². The van der Waals surface area contributed by atoms with Gasteiger partial charge in [-0.15, -0.1) is 11.3 Å². The minimum Gasteiger partial charge on any atom is -0.508 e. The highest BCUT2D eigenvalue weighted by atomic mass is 32.1. The lowest BCUT2D eigenvalue weighted by atomic mass is 9.92. The minimum atomic E-state index is 0.332. The summed E-state index contributed by atoms with van der Waals surface area (Å²) in [4.78, 5) is 2.71. The Bertz CT molecular complexity index is 676. The van der Waals surface area contributed by atoms with Crippen LogP contribution >= 0.6 is 11.3 Å². The molecule has 23 heavy (non-hydrogen) atoms. The third kappa shape index (κ3) is 3.44. The van der Waals surface area contributed by atoms with Crippen LogP contribution in [0.15, 0.2) is 36.4 Å². The zero-order chi connectivity index (χ0) is 15.8. The van der Waals surface area contributed by atoms with Crippen molar-refractivity contribution in [2.45, 2.75) is 56.1 Å². The molecule has 0 bridgehead atoms. The average molecular weight is 328 g/mol. The molecule has 1 aromatic carbocycles. The van der Waals surface area contributed by atoms with Gasteiger partial charge in [0.05, 0.1) is 0 Å². The summed E-state index contributed by atoms with van der Waals surface area (Å²) in [7, 11) is 0. The molecule has 2 fully saturated rings. The number of phenols is 1. The second kappa shape index (κ2) is 6.27. The summed E-state index contributed by atoms with van der Waals surface area (Å²) < 4.78 is 0. The maximum absolute atomic E-state index is 9.63. The number of hydrogen-bond acceptors (Lipinski definition) is 4. The van der Waals surface area contributed by atoms with E-state index in [2.05, 4.69) is 23.5 Å². The van der Waals surface area contributed by atoms with Crippen molar-refractivity contribution in [3.8, 4) is 16.2 Å². The van der Waals surface area contributed by atoms with E-state index in [0.29, 0.717) is 29.8 Å². The fraction of sp³-hybridized carbons (Fsp3) is 0.474. The van der Waals surface area contributed by atoms with Gasteiger partial charge in [0.25, 0.3) is 0 Å². The molecule has 0 aliphatic heterocycles. The Labute approximate surface area is 141 Å². The second-order valence-corrected chi connectivity index (χ2v) is 8.09. The first kappa shape index (κ1) is 15.2. The van der Waals surface area contributed by atoms with E-state index in [1.807, 2.05) is 23.5 Å². The number of hydrogen-bond donors (Lipinski definition) is 3. The molecule has 0 radical (unpaired) electrons. The van der Waals surface area contributed by atoms with Crippen LogP contribution < -0.4 is 11.1 Å². The molecule has 2 aliphatic carbocycles. The number of phenolic OH excluding ortho intramolecular Hbond substituents is 1. The van der Waals surface area contributed by atoms with Crippen LogP contribution in [0.5, 0.6) is 5.75 Å². The summed E-state index contributed by atoms with van der Waals surface area (Å²) in [6, 6.07) is 13.7. The zero-order valence-corrected chi connectivity index (χ0v) is 14.1. The first-order valence-corrected chi connectivity index (χ1v) is 9.41. The van der Waals surface area contributed by atoms with Crippen LogP contribution in [-0.2, 0) is 0 Å². The Kier molecular flexibility index (Phi) is 4.14. The van der Waals surface area contributed by atoms with Crippen molar-refractivity contribution in [3.63, 3.8) is 0 Å². The Morgan fingerprint density at radius 2 is 1.91 bits per heavy atom. The Morgan fingerprint density at radius 3 is 2.70 bits per heavy atom. The summed E-state index contributed by atoms with van der Waals surface area (Å²) in [5.41, 5.74) is 7.09. The predicted molar refractivity (Wildman–Crippen MR) is 95.9 cm³/mol. The summed E-state index contributed by atoms with van der Waals surface area (Å²) in [6.45, 7) is 0. The Morgan fingerprint density at radius 1 is 1.09 bits per heavy atom. The van der Waals surface area contributed by atoms with E-state index < -0.39 is 0 Å². The molecule has 3 nitrogen and oxygen atoms in total. The SMILES string of the molecule is NC1CCC(NC2CC2c2ccc(-c3cccc(O)c3)s2)CC1. The van der Waals surface area contributed by atoms with Crippen LogP contribution in [0, 0.1) is 0 Å². The first-order chi connectivity index (χ1) is 11.2. The maximum Gasteiger partial charge on any atom is 0.116 e. The molecule has 0 saturated heterocycles. The van der Waals surface area contributed by atoms with Gasteiger partial charge in [0.1, 0.15) is 5.75 Å². The molecule has 2 unspecified atom stereocenters. The van der Waals surface area contributed by atoms with Gasteiger partial charge in [-0.1, -0.05) is 12.1 Å². The molecule has 4 heteroatoms. The highest BCUT2D eigenvalue weighted by Gasteiger charge is 2.40. The van der Waals surface area contributed by atoms with E-state index in [9.17, 15) is 5.11 Å². The van der Waals surface area contributed by atoms with Crippen LogP contribution in [0.2, 0.25) is 0 Å². The van der Waals surface area contributed by atoms with Crippen LogP contribution in [0.1, 0.15) is 42.9 Å². The van der Waals surface area contributed by atoms with Crippen LogP contribution in [-0.4, -0.2) is 23.2 Å². The molecule has 2 atom stereocenters. The van der Waals surface area contributed by atoms with E-state index in [1.165, 1.54) is 29.0 Å². The Balaban J connectivity index is 1.37. The fourth-order valence-corrected chi connectivity index (χ4v) is 4.83. The normalized spacial score (nSPS) is 30.3. The number of rotatable bonds is 4. The first-order valence-electron chi connectivity index (χ1n) is 8.60. The smallest absolute Gasteiger partial charge is 0.116 e. The number of nitrogens with two attached hydrogens (primary N) is 1. The van der Waals surface area contributed by atoms with Crippen molar-refractivity contribution in [3.05, 3.63) is 41.3 Å². The zero-order valence-electron chi connectivity index (χ0n) is 13.2. The van der Waals surface area contributed by atoms with Crippen molar-refractivity contribution < 1.29 is 5.11 Å². The summed E-state index contributed by atoms with van der Waals surface area (Å²) in [5.74, 6) is 1.00. The van der Waals surface area contributed by atoms with Crippen molar-refractivity contribution >= 4 is 11.3 Å². The van der Waals surface area contributed by atoms with Gasteiger partial charge in [-0.2, -0.15) is 0 Å². The van der Waals surface area contributed by atoms with Crippen molar-refractivity contribution in [2.75, 3.05) is 0 Å². The van der Waals surface area contributed by atoms with Gasteiger partial charge in [0.2, 0.25) is 0 Å². The quantitative estimate of drug-likeness (QED) is 0.799. The molecule has 2 aromatic rings. The number of thiophene rings is 1. The summed E-state index contributed by atoms with van der Waals surface area (Å²) >= 11 is 1.86. The molecule has 2 aliphatic rings. The van der Waals surface area contributed by atoms with E-state index >= 15 is 0 Å². The topological polar surface area (TPSA) is 58.3 Å². The van der Waals surface area contributed by atoms with E-state index in [4.69, 9.17) is 5.73 Å². The molecular formula is C19H24N2OS. The van der Waals surface area contributed by atoms with Gasteiger partial charge in [0, 0.05) is 33.8 Å². The molecule has 2 saturated carbocycles. The van der Waals surface area contributed by atoms with Gasteiger partial charge in [-0.05, 0) is 61.9 Å². The predicted octanol–water partition coefficient (Wildman–Crippen LogP) is 3.84. The number of aromatic hydroxyl groups is 1. The number of nitrogens with one attached hydrogen (secondary N) is 1. The van der Waals surface area contributed by atoms with E-state index in [-0.39, 0.29) is 0 Å². The average Bonchev–Trinajstić information content (AvgIpc) is 3.13. The van der Waals surface area contributed by atoms with Gasteiger partial charge in [-0.3, -0.25) is 0 Å². The standard InChI is InChI=1S/C19H24N2OS/c20-13-4-6-14(7-5-13)21-17-11-16(17)19-9-8-18(23-19)12-2-1-3-15(22)10-12/h1-3,8-10,13-14,16-17,21-22H,4-7,11,20H2. The fourth-order valence-electron chi connectivity index (χ4n) is 3.65. The third-order valence-electron chi connectivity index (χ3n) is 5.13. The summed E-state index contributed by atoms with van der Waals surface area (Å²) in [5, 5.41) is 13.5. The second-order valence-electron chi connectivity index (χ2n) is 6.98. The lowest BCUT2D eigenvalue weighted by molar-refractivity contribution is 0.340. The van der Waals surface area contributed by atoms with Crippen molar-refractivity contribution in [1.29, 1.82) is 0 Å².